The first-order valence-electron chi connectivity index (χ1n) is 6.20. The number of aromatic nitrogens is 1. The van der Waals surface area contributed by atoms with E-state index in [-0.39, 0.29) is 17.5 Å². The van der Waals surface area contributed by atoms with Gasteiger partial charge >= 0.3 is 0 Å². The molecule has 1 aromatic heterocycles. The molecule has 0 aromatic carbocycles. The van der Waals surface area contributed by atoms with Gasteiger partial charge < -0.3 is 15.4 Å². The van der Waals surface area contributed by atoms with Crippen LogP contribution in [0.15, 0.2) is 18.3 Å². The maximum absolute atomic E-state index is 11.8. The van der Waals surface area contributed by atoms with E-state index in [4.69, 9.17) is 4.74 Å². The van der Waals surface area contributed by atoms with Crippen LogP contribution in [0.3, 0.4) is 0 Å². The first-order chi connectivity index (χ1) is 9.19. The standard InChI is InChI=1S/C13H19N3O3/c1-3-5-15-13(18)11-9-10(4-6-14-11)12(17)16-7-8-19-2/h4,6,9H,3,5,7-8H2,1-2H3,(H,15,18)(H,16,17). The van der Waals surface area contributed by atoms with Gasteiger partial charge in [0, 0.05) is 32.0 Å². The van der Waals surface area contributed by atoms with Gasteiger partial charge in [-0.3, -0.25) is 14.6 Å². The molecule has 0 aliphatic rings. The topological polar surface area (TPSA) is 80.3 Å². The zero-order valence-electron chi connectivity index (χ0n) is 11.2. The van der Waals surface area contributed by atoms with E-state index in [0.29, 0.717) is 25.3 Å². The van der Waals surface area contributed by atoms with Crippen molar-refractivity contribution in [2.24, 2.45) is 0 Å². The number of amides is 2. The van der Waals surface area contributed by atoms with Gasteiger partial charge in [0.25, 0.3) is 11.8 Å². The van der Waals surface area contributed by atoms with Crippen LogP contribution in [0.4, 0.5) is 0 Å². The Balaban J connectivity index is 2.65. The summed E-state index contributed by atoms with van der Waals surface area (Å²) in [4.78, 5) is 27.4. The van der Waals surface area contributed by atoms with Crippen molar-refractivity contribution in [3.8, 4) is 0 Å². The zero-order chi connectivity index (χ0) is 14.1. The molecular weight excluding hydrogens is 246 g/mol. The molecule has 0 saturated carbocycles. The predicted octanol–water partition coefficient (Wildman–Crippen LogP) is 0.598. The summed E-state index contributed by atoms with van der Waals surface area (Å²) in [5.74, 6) is -0.516. The molecule has 0 unspecified atom stereocenters. The molecule has 0 aliphatic carbocycles. The van der Waals surface area contributed by atoms with Crippen LogP contribution in [0.25, 0.3) is 0 Å². The average Bonchev–Trinajstić information content (AvgIpc) is 2.45. The fraction of sp³-hybridized carbons (Fsp3) is 0.462. The average molecular weight is 265 g/mol. The summed E-state index contributed by atoms with van der Waals surface area (Å²) in [5.41, 5.74) is 0.653. The summed E-state index contributed by atoms with van der Waals surface area (Å²) in [6, 6.07) is 3.05. The first kappa shape index (κ1) is 15.1. The SMILES string of the molecule is CCCNC(=O)c1cc(C(=O)NCCOC)ccn1. The maximum atomic E-state index is 11.8. The van der Waals surface area contributed by atoms with Gasteiger partial charge in [-0.2, -0.15) is 0 Å². The summed E-state index contributed by atoms with van der Waals surface area (Å²) >= 11 is 0. The van der Waals surface area contributed by atoms with Crippen molar-refractivity contribution in [2.75, 3.05) is 26.8 Å². The highest BCUT2D eigenvalue weighted by atomic mass is 16.5. The zero-order valence-corrected chi connectivity index (χ0v) is 11.2. The summed E-state index contributed by atoms with van der Waals surface area (Å²) in [7, 11) is 1.56. The molecule has 19 heavy (non-hydrogen) atoms. The minimum absolute atomic E-state index is 0.243. The monoisotopic (exact) mass is 265 g/mol. The number of hydrogen-bond acceptors (Lipinski definition) is 4. The highest BCUT2D eigenvalue weighted by Crippen LogP contribution is 2.02. The van der Waals surface area contributed by atoms with E-state index >= 15 is 0 Å². The Hall–Kier alpha value is -1.95. The Labute approximate surface area is 112 Å². The third kappa shape index (κ3) is 5.05. The summed E-state index contributed by atoms with van der Waals surface area (Å²) in [6.07, 6.45) is 2.30. The number of hydrogen-bond donors (Lipinski definition) is 2. The molecule has 2 N–H and O–H groups in total. The lowest BCUT2D eigenvalue weighted by atomic mass is 10.2. The van der Waals surface area contributed by atoms with Crippen molar-refractivity contribution in [3.63, 3.8) is 0 Å². The maximum Gasteiger partial charge on any atom is 0.269 e. The van der Waals surface area contributed by atoms with E-state index < -0.39 is 0 Å². The van der Waals surface area contributed by atoms with Gasteiger partial charge in [-0.1, -0.05) is 6.92 Å². The Kier molecular flexibility index (Phi) is 6.52. The third-order valence-electron chi connectivity index (χ3n) is 2.38. The summed E-state index contributed by atoms with van der Waals surface area (Å²) < 4.78 is 4.84. The second kappa shape index (κ2) is 8.20. The van der Waals surface area contributed by atoms with Crippen LogP contribution in [-0.2, 0) is 4.74 Å². The van der Waals surface area contributed by atoms with Crippen molar-refractivity contribution in [2.45, 2.75) is 13.3 Å². The molecule has 0 saturated heterocycles. The molecular formula is C13H19N3O3. The number of carbonyl (C=O) groups is 2. The van der Waals surface area contributed by atoms with E-state index in [1.54, 1.807) is 13.2 Å². The number of carbonyl (C=O) groups excluding carboxylic acids is 2. The van der Waals surface area contributed by atoms with Gasteiger partial charge in [-0.15, -0.1) is 0 Å². The fourth-order valence-corrected chi connectivity index (χ4v) is 1.39. The lowest BCUT2D eigenvalue weighted by Gasteiger charge is -2.06. The highest BCUT2D eigenvalue weighted by Gasteiger charge is 2.10. The largest absolute Gasteiger partial charge is 0.383 e. The van der Waals surface area contributed by atoms with E-state index in [2.05, 4.69) is 15.6 Å². The smallest absolute Gasteiger partial charge is 0.269 e. The minimum atomic E-state index is -0.270. The van der Waals surface area contributed by atoms with Gasteiger partial charge in [-0.25, -0.2) is 0 Å². The van der Waals surface area contributed by atoms with Gasteiger partial charge in [0.15, 0.2) is 0 Å². The van der Waals surface area contributed by atoms with Crippen molar-refractivity contribution in [1.29, 1.82) is 0 Å². The number of pyridine rings is 1. The van der Waals surface area contributed by atoms with Crippen LogP contribution in [-0.4, -0.2) is 43.6 Å². The Morgan fingerprint density at radius 1 is 1.26 bits per heavy atom. The highest BCUT2D eigenvalue weighted by molar-refractivity contribution is 5.98. The molecule has 0 aliphatic heterocycles. The molecule has 1 rings (SSSR count). The van der Waals surface area contributed by atoms with E-state index in [9.17, 15) is 9.59 Å². The molecule has 1 aromatic rings. The summed E-state index contributed by atoms with van der Waals surface area (Å²) in [6.45, 7) is 3.42. The number of nitrogens with zero attached hydrogens (tertiary/aromatic N) is 1. The van der Waals surface area contributed by atoms with Crippen molar-refractivity contribution in [3.05, 3.63) is 29.6 Å². The van der Waals surface area contributed by atoms with Crippen LogP contribution < -0.4 is 10.6 Å². The van der Waals surface area contributed by atoms with Crippen LogP contribution in [0.2, 0.25) is 0 Å². The lowest BCUT2D eigenvalue weighted by molar-refractivity contribution is 0.0937. The van der Waals surface area contributed by atoms with Crippen molar-refractivity contribution in [1.82, 2.24) is 15.6 Å². The van der Waals surface area contributed by atoms with E-state index in [0.717, 1.165) is 6.42 Å². The number of ether oxygens (including phenoxy) is 1. The number of methoxy groups -OCH3 is 1. The van der Waals surface area contributed by atoms with Crippen LogP contribution >= 0.6 is 0 Å². The Bertz CT molecular complexity index is 435. The molecule has 104 valence electrons. The molecule has 1 heterocycles. The second-order valence-corrected chi connectivity index (χ2v) is 3.93. The molecule has 0 spiro atoms. The van der Waals surface area contributed by atoms with Crippen LogP contribution in [0.1, 0.15) is 34.2 Å². The molecule has 6 nitrogen and oxygen atoms in total. The Morgan fingerprint density at radius 3 is 2.68 bits per heavy atom. The summed E-state index contributed by atoms with van der Waals surface area (Å²) in [5, 5.41) is 5.40. The third-order valence-corrected chi connectivity index (χ3v) is 2.38. The van der Waals surface area contributed by atoms with Gasteiger partial charge in [0.1, 0.15) is 5.69 Å². The van der Waals surface area contributed by atoms with Crippen LogP contribution in [0.5, 0.6) is 0 Å². The van der Waals surface area contributed by atoms with Crippen molar-refractivity contribution >= 4 is 11.8 Å². The molecule has 2 amide bonds. The predicted molar refractivity (Wildman–Crippen MR) is 71.1 cm³/mol. The first-order valence-corrected chi connectivity index (χ1v) is 6.20. The molecule has 0 bridgehead atoms. The van der Waals surface area contributed by atoms with Gasteiger partial charge in [-0.05, 0) is 18.6 Å². The van der Waals surface area contributed by atoms with Crippen LogP contribution in [0, 0.1) is 0 Å². The molecule has 6 heteroatoms. The van der Waals surface area contributed by atoms with E-state index in [1.807, 2.05) is 6.92 Å². The number of rotatable bonds is 7. The quantitative estimate of drug-likeness (QED) is 0.707. The second-order valence-electron chi connectivity index (χ2n) is 3.93. The van der Waals surface area contributed by atoms with Crippen molar-refractivity contribution < 1.29 is 14.3 Å². The normalized spacial score (nSPS) is 10.0. The number of nitrogens with one attached hydrogen (secondary N) is 2. The van der Waals surface area contributed by atoms with Gasteiger partial charge in [0.2, 0.25) is 0 Å². The lowest BCUT2D eigenvalue weighted by Crippen LogP contribution is -2.28. The molecule has 0 atom stereocenters. The van der Waals surface area contributed by atoms with E-state index in [1.165, 1.54) is 12.3 Å². The fourth-order valence-electron chi connectivity index (χ4n) is 1.39. The minimum Gasteiger partial charge on any atom is -0.383 e. The van der Waals surface area contributed by atoms with Gasteiger partial charge in [0.05, 0.1) is 6.61 Å². The molecule has 0 fully saturated rings. The molecule has 0 radical (unpaired) electrons. The Morgan fingerprint density at radius 2 is 2.00 bits per heavy atom.